The summed E-state index contributed by atoms with van der Waals surface area (Å²) in [5, 5.41) is 12.0. The molecular weight excluding hydrogens is 336 g/mol. The zero-order valence-electron chi connectivity index (χ0n) is 12.3. The third-order valence-electron chi connectivity index (χ3n) is 4.06. The number of nitrogens with one attached hydrogen (secondary N) is 1. The van der Waals surface area contributed by atoms with Crippen molar-refractivity contribution >= 4 is 33.6 Å². The number of amides is 2. The van der Waals surface area contributed by atoms with Crippen molar-refractivity contribution in [3.05, 3.63) is 27.7 Å². The molecular formula is C15H19BrN2O3. The first kappa shape index (κ1) is 15.8. The van der Waals surface area contributed by atoms with Crippen molar-refractivity contribution < 1.29 is 14.7 Å². The summed E-state index contributed by atoms with van der Waals surface area (Å²) in [6.45, 7) is 6.12. The summed E-state index contributed by atoms with van der Waals surface area (Å²) < 4.78 is 0.969. The van der Waals surface area contributed by atoms with Crippen LogP contribution >= 0.6 is 15.9 Å². The van der Waals surface area contributed by atoms with Crippen LogP contribution in [0.4, 0.5) is 10.5 Å². The molecule has 5 nitrogen and oxygen atoms in total. The number of hydrogen-bond acceptors (Lipinski definition) is 2. The number of aryl methyl sites for hydroxylation is 2. The maximum atomic E-state index is 12.4. The predicted octanol–water partition coefficient (Wildman–Crippen LogP) is 3.39. The highest BCUT2D eigenvalue weighted by Gasteiger charge is 2.38. The summed E-state index contributed by atoms with van der Waals surface area (Å²) in [5.41, 5.74) is 2.72. The molecule has 6 heteroatoms. The van der Waals surface area contributed by atoms with Crippen molar-refractivity contribution in [2.45, 2.75) is 33.2 Å². The van der Waals surface area contributed by atoms with Crippen molar-refractivity contribution in [1.29, 1.82) is 0 Å². The quantitative estimate of drug-likeness (QED) is 0.854. The average Bonchev–Trinajstić information content (AvgIpc) is 2.75. The molecule has 1 aliphatic heterocycles. The number of carbonyl (C=O) groups excluding carboxylic acids is 1. The first-order valence-corrected chi connectivity index (χ1v) is 7.67. The molecule has 2 amide bonds. The van der Waals surface area contributed by atoms with Crippen LogP contribution in [0.25, 0.3) is 0 Å². The van der Waals surface area contributed by atoms with Crippen LogP contribution in [0, 0.1) is 19.8 Å². The Balaban J connectivity index is 2.15. The second-order valence-electron chi connectivity index (χ2n) is 5.51. The fourth-order valence-corrected chi connectivity index (χ4v) is 3.53. The van der Waals surface area contributed by atoms with Gasteiger partial charge in [0.2, 0.25) is 0 Å². The number of halogens is 1. The predicted molar refractivity (Wildman–Crippen MR) is 84.5 cm³/mol. The van der Waals surface area contributed by atoms with E-state index in [1.807, 2.05) is 26.0 Å². The molecule has 1 aliphatic rings. The van der Waals surface area contributed by atoms with Gasteiger partial charge in [0.05, 0.1) is 5.92 Å². The van der Waals surface area contributed by atoms with E-state index in [1.54, 1.807) is 11.8 Å². The molecule has 0 radical (unpaired) electrons. The fourth-order valence-electron chi connectivity index (χ4n) is 2.84. The van der Waals surface area contributed by atoms with Crippen LogP contribution in [0.5, 0.6) is 0 Å². The van der Waals surface area contributed by atoms with E-state index in [-0.39, 0.29) is 12.1 Å². The second kappa shape index (κ2) is 6.05. The Morgan fingerprint density at radius 1 is 1.33 bits per heavy atom. The van der Waals surface area contributed by atoms with E-state index in [4.69, 9.17) is 5.11 Å². The Morgan fingerprint density at radius 2 is 1.90 bits per heavy atom. The van der Waals surface area contributed by atoms with E-state index < -0.39 is 11.9 Å². The number of carboxylic acids is 1. The third-order valence-corrected chi connectivity index (χ3v) is 4.52. The second-order valence-corrected chi connectivity index (χ2v) is 6.43. The largest absolute Gasteiger partial charge is 0.481 e. The van der Waals surface area contributed by atoms with Crippen LogP contribution in [0.3, 0.4) is 0 Å². The molecule has 21 heavy (non-hydrogen) atoms. The molecule has 2 rings (SSSR count). The Labute approximate surface area is 132 Å². The van der Waals surface area contributed by atoms with Gasteiger partial charge < -0.3 is 15.3 Å². The number of aliphatic carboxylic acids is 1. The molecule has 1 heterocycles. The van der Waals surface area contributed by atoms with E-state index in [0.717, 1.165) is 21.3 Å². The first-order valence-electron chi connectivity index (χ1n) is 6.88. The number of benzene rings is 1. The molecule has 0 bridgehead atoms. The normalized spacial score (nSPS) is 21.4. The van der Waals surface area contributed by atoms with Crippen LogP contribution in [0.2, 0.25) is 0 Å². The van der Waals surface area contributed by atoms with Crippen LogP contribution in [0.15, 0.2) is 16.6 Å². The zero-order chi connectivity index (χ0) is 15.7. The summed E-state index contributed by atoms with van der Waals surface area (Å²) in [6, 6.07) is 3.35. The molecule has 0 aromatic heterocycles. The van der Waals surface area contributed by atoms with E-state index in [9.17, 15) is 9.59 Å². The molecule has 1 fully saturated rings. The van der Waals surface area contributed by atoms with Gasteiger partial charge >= 0.3 is 12.0 Å². The van der Waals surface area contributed by atoms with E-state index in [1.165, 1.54) is 0 Å². The minimum Gasteiger partial charge on any atom is -0.481 e. The summed E-state index contributed by atoms with van der Waals surface area (Å²) in [4.78, 5) is 25.1. The number of nitrogens with zero attached hydrogens (tertiary/aromatic N) is 1. The summed E-state index contributed by atoms with van der Waals surface area (Å²) in [5.74, 6) is -1.32. The maximum absolute atomic E-state index is 12.4. The number of likely N-dealkylation sites (tertiary alicyclic amines) is 1. The lowest BCUT2D eigenvalue weighted by Gasteiger charge is -2.24. The minimum absolute atomic E-state index is 0.236. The highest BCUT2D eigenvalue weighted by molar-refractivity contribution is 9.10. The van der Waals surface area contributed by atoms with Gasteiger partial charge in [-0.1, -0.05) is 15.9 Å². The van der Waals surface area contributed by atoms with E-state index in [2.05, 4.69) is 21.2 Å². The van der Waals surface area contributed by atoms with Gasteiger partial charge in [0.25, 0.3) is 0 Å². The number of rotatable bonds is 2. The van der Waals surface area contributed by atoms with E-state index in [0.29, 0.717) is 13.0 Å². The number of carboxylic acid groups (broad SMARTS) is 1. The highest BCUT2D eigenvalue weighted by Crippen LogP contribution is 2.28. The van der Waals surface area contributed by atoms with Crippen LogP contribution in [-0.4, -0.2) is 34.6 Å². The zero-order valence-corrected chi connectivity index (χ0v) is 13.9. The lowest BCUT2D eigenvalue weighted by atomic mass is 10.0. The fraction of sp³-hybridized carbons (Fsp3) is 0.467. The summed E-state index contributed by atoms with van der Waals surface area (Å²) in [6.07, 6.45) is 0.502. The Bertz CT molecular complexity index is 565. The molecule has 2 atom stereocenters. The van der Waals surface area contributed by atoms with Gasteiger partial charge in [-0.15, -0.1) is 0 Å². The molecule has 1 aromatic carbocycles. The van der Waals surface area contributed by atoms with Gasteiger partial charge in [-0.2, -0.15) is 0 Å². The van der Waals surface area contributed by atoms with Gasteiger partial charge in [0.1, 0.15) is 0 Å². The maximum Gasteiger partial charge on any atom is 0.322 e. The van der Waals surface area contributed by atoms with Crippen molar-refractivity contribution in [3.8, 4) is 0 Å². The van der Waals surface area contributed by atoms with Crippen molar-refractivity contribution in [1.82, 2.24) is 4.90 Å². The number of hydrogen-bond donors (Lipinski definition) is 2. The van der Waals surface area contributed by atoms with Crippen molar-refractivity contribution in [3.63, 3.8) is 0 Å². The minimum atomic E-state index is -0.839. The first-order chi connectivity index (χ1) is 9.81. The van der Waals surface area contributed by atoms with Gasteiger partial charge in [-0.3, -0.25) is 4.79 Å². The Morgan fingerprint density at radius 3 is 2.38 bits per heavy atom. The lowest BCUT2D eigenvalue weighted by molar-refractivity contribution is -0.142. The third kappa shape index (κ3) is 3.20. The van der Waals surface area contributed by atoms with E-state index >= 15 is 0 Å². The molecule has 1 saturated heterocycles. The SMILES string of the molecule is Cc1cc(Br)cc(C)c1NC(=O)N1CCC(C(=O)O)C1C. The summed E-state index contributed by atoms with van der Waals surface area (Å²) in [7, 11) is 0. The van der Waals surface area contributed by atoms with Crippen molar-refractivity contribution in [2.24, 2.45) is 5.92 Å². The van der Waals surface area contributed by atoms with Gasteiger partial charge in [0.15, 0.2) is 0 Å². The molecule has 0 spiro atoms. The Hall–Kier alpha value is -1.56. The monoisotopic (exact) mass is 354 g/mol. The van der Waals surface area contributed by atoms with Gasteiger partial charge in [0, 0.05) is 22.7 Å². The molecule has 2 unspecified atom stereocenters. The smallest absolute Gasteiger partial charge is 0.322 e. The van der Waals surface area contributed by atoms with Crippen LogP contribution in [0.1, 0.15) is 24.5 Å². The van der Waals surface area contributed by atoms with Crippen molar-refractivity contribution in [2.75, 3.05) is 11.9 Å². The Kier molecular flexibility index (Phi) is 4.56. The lowest BCUT2D eigenvalue weighted by Crippen LogP contribution is -2.40. The topological polar surface area (TPSA) is 69.6 Å². The van der Waals surface area contributed by atoms with Crippen LogP contribution < -0.4 is 5.32 Å². The number of anilines is 1. The van der Waals surface area contributed by atoms with Gasteiger partial charge in [-0.05, 0) is 50.5 Å². The number of urea groups is 1. The molecule has 2 N–H and O–H groups in total. The molecule has 0 saturated carbocycles. The molecule has 114 valence electrons. The molecule has 1 aromatic rings. The average molecular weight is 355 g/mol. The van der Waals surface area contributed by atoms with Gasteiger partial charge in [-0.25, -0.2) is 4.79 Å². The summed E-state index contributed by atoms with van der Waals surface area (Å²) >= 11 is 3.42. The highest BCUT2D eigenvalue weighted by atomic mass is 79.9. The van der Waals surface area contributed by atoms with Crippen LogP contribution in [-0.2, 0) is 4.79 Å². The number of carbonyl (C=O) groups is 2. The standard InChI is InChI=1S/C15H19BrN2O3/c1-8-6-11(16)7-9(2)13(8)17-15(21)18-5-4-12(10(18)3)14(19)20/h6-7,10,12H,4-5H2,1-3H3,(H,17,21)(H,19,20). The molecule has 0 aliphatic carbocycles.